The van der Waals surface area contributed by atoms with Gasteiger partial charge in [-0.25, -0.2) is 18.2 Å². The summed E-state index contributed by atoms with van der Waals surface area (Å²) in [6, 6.07) is 5.00. The molecule has 0 bridgehead atoms. The summed E-state index contributed by atoms with van der Waals surface area (Å²) in [7, 11) is -3.02. The number of pyridine rings is 1. The summed E-state index contributed by atoms with van der Waals surface area (Å²) in [5.41, 5.74) is -0.517. The van der Waals surface area contributed by atoms with E-state index in [4.69, 9.17) is 10.00 Å². The van der Waals surface area contributed by atoms with Crippen LogP contribution in [0.15, 0.2) is 24.4 Å². The molecule has 1 aromatic heterocycles. The van der Waals surface area contributed by atoms with Crippen LogP contribution >= 0.6 is 7.14 Å². The van der Waals surface area contributed by atoms with Crippen LogP contribution in [0.1, 0.15) is 41.8 Å². The smallest absolute Gasteiger partial charge is 0.165 e. The molecule has 0 aliphatic heterocycles. The van der Waals surface area contributed by atoms with Gasteiger partial charge in [-0.2, -0.15) is 5.26 Å². The third kappa shape index (κ3) is 2.99. The molecule has 1 fully saturated rings. The minimum Gasteiger partial charge on any atom is -0.455 e. The summed E-state index contributed by atoms with van der Waals surface area (Å²) in [5.74, 6) is -1.04. The van der Waals surface area contributed by atoms with E-state index >= 15 is 0 Å². The maximum atomic E-state index is 14.7. The van der Waals surface area contributed by atoms with Crippen molar-refractivity contribution in [1.29, 1.82) is 5.26 Å². The quantitative estimate of drug-likeness (QED) is 0.772. The van der Waals surface area contributed by atoms with Crippen LogP contribution in [0.2, 0.25) is 0 Å². The fraction of sp³-hybridized carbons (Fsp3) is 0.368. The van der Waals surface area contributed by atoms with Gasteiger partial charge in [0.25, 0.3) is 0 Å². The van der Waals surface area contributed by atoms with Crippen molar-refractivity contribution in [1.82, 2.24) is 4.98 Å². The van der Waals surface area contributed by atoms with E-state index in [0.717, 1.165) is 31.2 Å². The van der Waals surface area contributed by atoms with Gasteiger partial charge in [0.2, 0.25) is 0 Å². The van der Waals surface area contributed by atoms with Gasteiger partial charge in [-0.05, 0) is 31.6 Å². The minimum absolute atomic E-state index is 0.0109. The summed E-state index contributed by atoms with van der Waals surface area (Å²) in [6.45, 7) is 1.51. The molecule has 5 nitrogen and oxygen atoms in total. The van der Waals surface area contributed by atoms with Crippen molar-refractivity contribution >= 4 is 12.6 Å². The lowest BCUT2D eigenvalue weighted by Gasteiger charge is -2.19. The van der Waals surface area contributed by atoms with Crippen LogP contribution in [0.3, 0.4) is 0 Å². The number of halogens is 3. The van der Waals surface area contributed by atoms with E-state index in [2.05, 4.69) is 4.98 Å². The van der Waals surface area contributed by atoms with Crippen molar-refractivity contribution in [2.75, 3.05) is 6.66 Å². The Hall–Kier alpha value is -2.36. The van der Waals surface area contributed by atoms with Gasteiger partial charge in [0.05, 0.1) is 17.8 Å². The number of aliphatic hydroxyl groups excluding tert-OH is 1. The van der Waals surface area contributed by atoms with Crippen LogP contribution in [0, 0.1) is 17.1 Å². The molecular weight excluding hydrogens is 392 g/mol. The lowest BCUT2D eigenvalue weighted by Crippen LogP contribution is -2.21. The maximum Gasteiger partial charge on any atom is 0.165 e. The minimum atomic E-state index is -3.02. The molecule has 0 saturated heterocycles. The van der Waals surface area contributed by atoms with E-state index in [9.17, 15) is 22.8 Å². The molecule has 2 aromatic rings. The lowest BCUT2D eigenvalue weighted by atomic mass is 10.1. The van der Waals surface area contributed by atoms with E-state index in [-0.39, 0.29) is 39.3 Å². The van der Waals surface area contributed by atoms with Crippen LogP contribution < -0.4 is 10.2 Å². The predicted octanol–water partition coefficient (Wildman–Crippen LogP) is 4.06. The molecule has 2 aliphatic rings. The third-order valence-corrected chi connectivity index (χ3v) is 8.25. The summed E-state index contributed by atoms with van der Waals surface area (Å²) >= 11 is 0. The fourth-order valence-corrected chi connectivity index (χ4v) is 6.05. The number of benzene rings is 1. The van der Waals surface area contributed by atoms with Gasteiger partial charge in [-0.1, -0.05) is 0 Å². The zero-order chi connectivity index (χ0) is 20.2. The number of hydrogen-bond donors (Lipinski definition) is 1. The highest BCUT2D eigenvalue weighted by molar-refractivity contribution is 7.71. The van der Waals surface area contributed by atoms with Gasteiger partial charge < -0.3 is 14.4 Å². The number of alkyl halides is 2. The van der Waals surface area contributed by atoms with Gasteiger partial charge in [-0.3, -0.25) is 0 Å². The van der Waals surface area contributed by atoms with Crippen molar-refractivity contribution < 1.29 is 27.6 Å². The number of aromatic nitrogens is 1. The topological polar surface area (TPSA) is 83.2 Å². The van der Waals surface area contributed by atoms with Gasteiger partial charge in [0.15, 0.2) is 18.1 Å². The second kappa shape index (κ2) is 6.61. The van der Waals surface area contributed by atoms with Gasteiger partial charge in [0.1, 0.15) is 30.2 Å². The Morgan fingerprint density at radius 3 is 2.64 bits per heavy atom. The Balaban J connectivity index is 1.84. The number of aliphatic hydroxyl groups is 1. The fourth-order valence-electron chi connectivity index (χ4n) is 3.56. The number of ether oxygens (including phenoxy) is 1. The Morgan fingerprint density at radius 2 is 2.00 bits per heavy atom. The molecule has 28 heavy (non-hydrogen) atoms. The predicted molar refractivity (Wildman–Crippen MR) is 95.3 cm³/mol. The first-order valence-electron chi connectivity index (χ1n) is 8.69. The van der Waals surface area contributed by atoms with Crippen LogP contribution in [-0.2, 0) is 4.57 Å². The Morgan fingerprint density at radius 1 is 1.29 bits per heavy atom. The van der Waals surface area contributed by atoms with Crippen molar-refractivity contribution in [3.63, 3.8) is 0 Å². The summed E-state index contributed by atoms with van der Waals surface area (Å²) < 4.78 is 61.3. The summed E-state index contributed by atoms with van der Waals surface area (Å²) in [6.07, 6.45) is -3.69. The van der Waals surface area contributed by atoms with Crippen molar-refractivity contribution in [3.05, 3.63) is 46.9 Å². The number of nitriles is 1. The first-order valence-corrected chi connectivity index (χ1v) is 10.9. The maximum absolute atomic E-state index is 14.7. The second-order valence-electron chi connectivity index (χ2n) is 7.18. The molecule has 9 heteroatoms. The van der Waals surface area contributed by atoms with Gasteiger partial charge >= 0.3 is 0 Å². The number of hydrogen-bond acceptors (Lipinski definition) is 5. The van der Waals surface area contributed by atoms with E-state index < -0.39 is 31.4 Å². The monoisotopic (exact) mass is 408 g/mol. The Kier molecular flexibility index (Phi) is 4.48. The molecule has 0 radical (unpaired) electrons. The van der Waals surface area contributed by atoms with Crippen LogP contribution in [-0.4, -0.2) is 28.6 Å². The first kappa shape index (κ1) is 19.0. The normalized spacial score (nSPS) is 25.6. The highest BCUT2D eigenvalue weighted by Gasteiger charge is 2.50. The van der Waals surface area contributed by atoms with E-state index in [1.165, 1.54) is 12.7 Å². The molecule has 1 heterocycles. The lowest BCUT2D eigenvalue weighted by molar-refractivity contribution is 0.0469. The molecule has 2 aliphatic carbocycles. The first-order chi connectivity index (χ1) is 13.2. The molecule has 146 valence electrons. The summed E-state index contributed by atoms with van der Waals surface area (Å²) in [4.78, 5) is 4.12. The molecule has 4 rings (SSSR count). The number of nitrogens with zero attached hydrogens (tertiary/aromatic N) is 2. The highest BCUT2D eigenvalue weighted by Crippen LogP contribution is 2.60. The molecular formula is C19H16F3N2O3P. The summed E-state index contributed by atoms with van der Waals surface area (Å²) in [5, 5.41) is 19.2. The SMILES string of the molecule is CP(=O)(c1ncc(Oc2cc(F)cc(C#N)c2)c2c1[C@H](O)[C@H](F)[C@@H]2F)C1CC1. The Labute approximate surface area is 159 Å². The second-order valence-corrected chi connectivity index (χ2v) is 10.3. The third-order valence-electron chi connectivity index (χ3n) is 5.15. The van der Waals surface area contributed by atoms with Gasteiger partial charge in [-0.15, -0.1) is 0 Å². The van der Waals surface area contributed by atoms with Gasteiger partial charge in [0, 0.05) is 22.9 Å². The van der Waals surface area contributed by atoms with Crippen LogP contribution in [0.4, 0.5) is 13.2 Å². The van der Waals surface area contributed by atoms with Crippen LogP contribution in [0.5, 0.6) is 11.5 Å². The zero-order valence-corrected chi connectivity index (χ0v) is 15.7. The molecule has 4 atom stereocenters. The molecule has 1 saturated carbocycles. The molecule has 0 amide bonds. The molecule has 1 N–H and O–H groups in total. The highest BCUT2D eigenvalue weighted by atomic mass is 31.2. The number of rotatable bonds is 4. The Bertz CT molecular complexity index is 1050. The largest absolute Gasteiger partial charge is 0.455 e. The van der Waals surface area contributed by atoms with Crippen molar-refractivity contribution in [2.24, 2.45) is 0 Å². The number of fused-ring (bicyclic) bond motifs is 1. The van der Waals surface area contributed by atoms with E-state index in [1.54, 1.807) is 6.07 Å². The zero-order valence-electron chi connectivity index (χ0n) is 14.8. The van der Waals surface area contributed by atoms with E-state index in [1.807, 2.05) is 0 Å². The van der Waals surface area contributed by atoms with Crippen molar-refractivity contribution in [3.8, 4) is 17.6 Å². The standard InChI is InChI=1S/C19H16F3N2O3P/c1-28(26,12-2-3-12)19-15-14(16(21)17(22)18(15)25)13(8-24-19)27-11-5-9(7-23)4-10(20)6-11/h4-6,8,12,16-18,25H,2-3H2,1H3/t16-,17-,18+,28?/m1/s1. The van der Waals surface area contributed by atoms with Crippen LogP contribution in [0.25, 0.3) is 0 Å². The molecule has 1 unspecified atom stereocenters. The molecule has 1 aromatic carbocycles. The molecule has 0 spiro atoms. The van der Waals surface area contributed by atoms with Crippen molar-refractivity contribution in [2.45, 2.75) is 36.9 Å². The average Bonchev–Trinajstić information content (AvgIpc) is 3.48. The van der Waals surface area contributed by atoms with E-state index in [0.29, 0.717) is 0 Å². The average molecular weight is 408 g/mol.